The van der Waals surface area contributed by atoms with Crippen molar-refractivity contribution in [3.8, 4) is 0 Å². The molecule has 1 aliphatic rings. The third-order valence-electron chi connectivity index (χ3n) is 5.88. The number of carbonyl (C=O) groups excluding carboxylic acids is 4. The first-order chi connectivity index (χ1) is 17.2. The minimum absolute atomic E-state index is 0.191. The van der Waals surface area contributed by atoms with Crippen LogP contribution in [0.2, 0.25) is 0 Å². The fourth-order valence-electron chi connectivity index (χ4n) is 3.92. The number of ether oxygens (including phenoxy) is 1. The average Bonchev–Trinajstić information content (AvgIpc) is 3.38. The van der Waals surface area contributed by atoms with Crippen LogP contribution in [0, 0.1) is 10.8 Å². The molecule has 0 saturated carbocycles. The summed E-state index contributed by atoms with van der Waals surface area (Å²) in [5.41, 5.74) is 1.62. The van der Waals surface area contributed by atoms with Crippen molar-refractivity contribution in [2.45, 2.75) is 38.8 Å². The van der Waals surface area contributed by atoms with Gasteiger partial charge in [0.1, 0.15) is 17.8 Å². The van der Waals surface area contributed by atoms with Crippen LogP contribution in [0.4, 0.5) is 21.9 Å². The highest BCUT2D eigenvalue weighted by molar-refractivity contribution is 6.04. The van der Waals surface area contributed by atoms with Gasteiger partial charge >= 0.3 is 6.09 Å². The van der Waals surface area contributed by atoms with Crippen LogP contribution < -0.4 is 16.0 Å². The normalized spacial score (nSPS) is 15.7. The molecule has 2 atom stereocenters. The monoisotopic (exact) mass is 495 g/mol. The van der Waals surface area contributed by atoms with Gasteiger partial charge in [0.2, 0.25) is 11.8 Å². The van der Waals surface area contributed by atoms with Gasteiger partial charge in [0, 0.05) is 23.5 Å². The Kier molecular flexibility index (Phi) is 8.71. The Hall–Kier alpha value is -4.28. The quantitative estimate of drug-likeness (QED) is 0.477. The van der Waals surface area contributed by atoms with E-state index in [1.165, 1.54) is 36.3 Å². The van der Waals surface area contributed by atoms with Crippen LogP contribution in [0.3, 0.4) is 0 Å². The summed E-state index contributed by atoms with van der Waals surface area (Å²) in [4.78, 5) is 62.2. The molecule has 2 aromatic rings. The summed E-state index contributed by atoms with van der Waals surface area (Å²) in [6.45, 7) is 4.03. The zero-order chi connectivity index (χ0) is 26.2. The average molecular weight is 496 g/mol. The molecule has 190 valence electrons. The molecule has 3 rings (SSSR count). The van der Waals surface area contributed by atoms with E-state index in [9.17, 15) is 24.1 Å². The second-order valence-corrected chi connectivity index (χ2v) is 8.71. The van der Waals surface area contributed by atoms with E-state index >= 15 is 0 Å². The van der Waals surface area contributed by atoms with Crippen LogP contribution in [0.5, 0.6) is 0 Å². The lowest BCUT2D eigenvalue weighted by Gasteiger charge is -2.30. The number of amides is 4. The van der Waals surface area contributed by atoms with E-state index in [4.69, 9.17) is 0 Å². The maximum atomic E-state index is 13.1. The standard InChI is InChI=1S/C25H29N5O6/c1-15(2)21(28-25(34)36-3)24(33)30-14-4-5-20(30)23(32)27-18-12-10-17(11-13-18)26-22(31)16-6-8-19(29-35)9-7-16/h6-13,15,20-21H,4-5,14H2,1-3H3,(H,26,31)(H,27,32)(H,28,34)/t20-,21-/m0/s1. The Labute approximate surface area is 208 Å². The Morgan fingerprint density at radius 2 is 1.58 bits per heavy atom. The first-order valence-electron chi connectivity index (χ1n) is 11.5. The van der Waals surface area contributed by atoms with E-state index in [1.54, 1.807) is 38.1 Å². The Morgan fingerprint density at radius 3 is 2.14 bits per heavy atom. The summed E-state index contributed by atoms with van der Waals surface area (Å²) in [5, 5.41) is 10.9. The third kappa shape index (κ3) is 6.44. The molecule has 1 aliphatic heterocycles. The van der Waals surface area contributed by atoms with E-state index in [2.05, 4.69) is 25.9 Å². The van der Waals surface area contributed by atoms with E-state index in [-0.39, 0.29) is 29.3 Å². The zero-order valence-corrected chi connectivity index (χ0v) is 20.3. The molecule has 36 heavy (non-hydrogen) atoms. The van der Waals surface area contributed by atoms with Crippen LogP contribution in [-0.2, 0) is 14.3 Å². The van der Waals surface area contributed by atoms with Gasteiger partial charge in [0.25, 0.3) is 5.91 Å². The van der Waals surface area contributed by atoms with Crippen molar-refractivity contribution >= 4 is 40.9 Å². The molecule has 0 radical (unpaired) electrons. The van der Waals surface area contributed by atoms with Crippen molar-refractivity contribution in [1.29, 1.82) is 0 Å². The molecule has 11 heteroatoms. The van der Waals surface area contributed by atoms with Crippen LogP contribution in [-0.4, -0.2) is 54.5 Å². The molecule has 4 amide bonds. The molecule has 0 unspecified atom stereocenters. The lowest BCUT2D eigenvalue weighted by molar-refractivity contribution is -0.139. The van der Waals surface area contributed by atoms with Gasteiger partial charge in [0.05, 0.1) is 7.11 Å². The predicted octanol–water partition coefficient (Wildman–Crippen LogP) is 3.65. The highest BCUT2D eigenvalue weighted by atomic mass is 16.5. The molecule has 0 bridgehead atoms. The summed E-state index contributed by atoms with van der Waals surface area (Å²) >= 11 is 0. The predicted molar refractivity (Wildman–Crippen MR) is 134 cm³/mol. The Balaban J connectivity index is 1.61. The molecule has 2 aromatic carbocycles. The molecule has 1 heterocycles. The molecule has 0 spiro atoms. The maximum Gasteiger partial charge on any atom is 0.407 e. The molecule has 11 nitrogen and oxygen atoms in total. The minimum Gasteiger partial charge on any atom is -0.453 e. The number of rotatable bonds is 8. The van der Waals surface area contributed by atoms with Gasteiger partial charge in [-0.25, -0.2) is 4.79 Å². The van der Waals surface area contributed by atoms with Crippen LogP contribution in [0.1, 0.15) is 37.0 Å². The van der Waals surface area contributed by atoms with Crippen LogP contribution in [0.25, 0.3) is 0 Å². The molecular weight excluding hydrogens is 466 g/mol. The van der Waals surface area contributed by atoms with Gasteiger partial charge < -0.3 is 25.6 Å². The number of alkyl carbamates (subject to hydrolysis) is 1. The molecule has 1 fully saturated rings. The van der Waals surface area contributed by atoms with E-state index < -0.39 is 18.2 Å². The van der Waals surface area contributed by atoms with Gasteiger partial charge in [-0.3, -0.25) is 14.4 Å². The number of methoxy groups -OCH3 is 1. The first-order valence-corrected chi connectivity index (χ1v) is 11.5. The number of nitrogens with one attached hydrogen (secondary N) is 3. The van der Waals surface area contributed by atoms with E-state index in [0.717, 1.165) is 0 Å². The highest BCUT2D eigenvalue weighted by Crippen LogP contribution is 2.23. The number of anilines is 2. The smallest absolute Gasteiger partial charge is 0.407 e. The van der Waals surface area contributed by atoms with Crippen molar-refractivity contribution in [3.05, 3.63) is 59.0 Å². The molecular formula is C25H29N5O6. The lowest BCUT2D eigenvalue weighted by atomic mass is 10.0. The molecule has 0 aliphatic carbocycles. The number of nitroso groups, excluding NO2 is 1. The summed E-state index contributed by atoms with van der Waals surface area (Å²) in [5.74, 6) is -1.21. The summed E-state index contributed by atoms with van der Waals surface area (Å²) < 4.78 is 4.62. The second-order valence-electron chi connectivity index (χ2n) is 8.71. The molecule has 0 aromatic heterocycles. The summed E-state index contributed by atoms with van der Waals surface area (Å²) in [6.07, 6.45) is 0.471. The van der Waals surface area contributed by atoms with Crippen molar-refractivity contribution in [1.82, 2.24) is 10.2 Å². The number of nitrogens with zero attached hydrogens (tertiary/aromatic N) is 2. The van der Waals surface area contributed by atoms with Gasteiger partial charge in [-0.05, 0) is 72.5 Å². The van der Waals surface area contributed by atoms with E-state index in [0.29, 0.717) is 36.3 Å². The van der Waals surface area contributed by atoms with Crippen molar-refractivity contribution in [2.75, 3.05) is 24.3 Å². The van der Waals surface area contributed by atoms with E-state index in [1.807, 2.05) is 0 Å². The number of hydrogen-bond donors (Lipinski definition) is 3. The zero-order valence-electron chi connectivity index (χ0n) is 20.3. The number of hydrogen-bond acceptors (Lipinski definition) is 7. The van der Waals surface area contributed by atoms with Crippen molar-refractivity contribution in [2.24, 2.45) is 11.1 Å². The first kappa shape index (κ1) is 26.3. The third-order valence-corrected chi connectivity index (χ3v) is 5.88. The topological polar surface area (TPSA) is 146 Å². The lowest BCUT2D eigenvalue weighted by Crippen LogP contribution is -2.54. The fraction of sp³-hybridized carbons (Fsp3) is 0.360. The number of benzene rings is 2. The van der Waals surface area contributed by atoms with Gasteiger partial charge in [-0.1, -0.05) is 13.8 Å². The maximum absolute atomic E-state index is 13.1. The number of likely N-dealkylation sites (tertiary alicyclic amines) is 1. The fourth-order valence-corrected chi connectivity index (χ4v) is 3.92. The van der Waals surface area contributed by atoms with Gasteiger partial charge in [-0.15, -0.1) is 4.91 Å². The van der Waals surface area contributed by atoms with Crippen LogP contribution in [0.15, 0.2) is 53.7 Å². The SMILES string of the molecule is COC(=O)N[C@H](C(=O)N1CCC[C@H]1C(=O)Nc1ccc(NC(=O)c2ccc(N=O)cc2)cc1)C(C)C. The van der Waals surface area contributed by atoms with Crippen molar-refractivity contribution < 1.29 is 23.9 Å². The van der Waals surface area contributed by atoms with Crippen molar-refractivity contribution in [3.63, 3.8) is 0 Å². The minimum atomic E-state index is -0.806. The Bertz CT molecular complexity index is 1120. The summed E-state index contributed by atoms with van der Waals surface area (Å²) in [7, 11) is 1.23. The van der Waals surface area contributed by atoms with Gasteiger partial charge in [-0.2, -0.15) is 0 Å². The Morgan fingerprint density at radius 1 is 0.972 bits per heavy atom. The largest absolute Gasteiger partial charge is 0.453 e. The van der Waals surface area contributed by atoms with Crippen LogP contribution >= 0.6 is 0 Å². The number of carbonyl (C=O) groups is 4. The second kappa shape index (κ2) is 11.9. The molecule has 1 saturated heterocycles. The van der Waals surface area contributed by atoms with Gasteiger partial charge in [0.15, 0.2) is 0 Å². The highest BCUT2D eigenvalue weighted by Gasteiger charge is 2.38. The molecule has 3 N–H and O–H groups in total. The summed E-state index contributed by atoms with van der Waals surface area (Å²) in [6, 6.07) is 11.0.